The average Bonchev–Trinajstić information content (AvgIpc) is 2.89. The Morgan fingerprint density at radius 3 is 2.39 bits per heavy atom. The number of anilines is 1. The highest BCUT2D eigenvalue weighted by atomic mass is 16.5. The van der Waals surface area contributed by atoms with Crippen LogP contribution >= 0.6 is 0 Å². The maximum Gasteiger partial charge on any atom is 0.156 e. The van der Waals surface area contributed by atoms with Gasteiger partial charge in [-0.3, -0.25) is 4.79 Å². The summed E-state index contributed by atoms with van der Waals surface area (Å²) in [6.07, 6.45) is 7.59. The van der Waals surface area contributed by atoms with E-state index in [9.17, 15) is 4.79 Å². The third-order valence-corrected chi connectivity index (χ3v) is 6.23. The Hall–Kier alpha value is -3.79. The summed E-state index contributed by atoms with van der Waals surface area (Å²) in [5, 5.41) is 0. The fourth-order valence-electron chi connectivity index (χ4n) is 4.20. The molecule has 0 radical (unpaired) electrons. The second-order valence-electron chi connectivity index (χ2n) is 9.16. The Morgan fingerprint density at radius 2 is 1.72 bits per heavy atom. The van der Waals surface area contributed by atoms with Crippen LogP contribution in [0, 0.1) is 0 Å². The van der Waals surface area contributed by atoms with E-state index in [1.165, 1.54) is 5.57 Å². The van der Waals surface area contributed by atoms with E-state index in [2.05, 4.69) is 26.8 Å². The maximum atomic E-state index is 13.0. The van der Waals surface area contributed by atoms with Gasteiger partial charge in [-0.1, -0.05) is 67.1 Å². The molecule has 0 aromatic heterocycles. The summed E-state index contributed by atoms with van der Waals surface area (Å²) in [4.78, 5) is 13.0. The minimum atomic E-state index is 0.0563. The highest BCUT2D eigenvalue weighted by molar-refractivity contribution is 5.94. The van der Waals surface area contributed by atoms with Crippen LogP contribution < -0.4 is 15.2 Å². The summed E-state index contributed by atoms with van der Waals surface area (Å²) in [6.45, 7) is 6.66. The standard InChI is InChI=1S/C32H37NO3/c1-5-25(28-13-9-10-14-30(28)33)21-27(34)18-16-26-17-20-31(35-4)29(19-15-23(2)3)32(26)36-22-24-11-7-6-8-12-24/h6-18,20,25H,5,19,21-22,33H2,1-4H3/b18-16-. The van der Waals surface area contributed by atoms with Gasteiger partial charge in [-0.05, 0) is 74.1 Å². The van der Waals surface area contributed by atoms with E-state index in [-0.39, 0.29) is 11.7 Å². The number of carbonyl (C=O) groups excluding carboxylic acids is 1. The first-order valence-corrected chi connectivity index (χ1v) is 12.5. The molecule has 2 N–H and O–H groups in total. The number of carbonyl (C=O) groups is 1. The number of rotatable bonds is 12. The molecular formula is C32H37NO3. The molecule has 0 aliphatic heterocycles. The molecule has 0 aliphatic rings. The van der Waals surface area contributed by atoms with Crippen molar-refractivity contribution in [2.75, 3.05) is 12.8 Å². The molecule has 3 aromatic rings. The van der Waals surface area contributed by atoms with Crippen LogP contribution in [0.5, 0.6) is 11.5 Å². The molecule has 188 valence electrons. The number of methoxy groups -OCH3 is 1. The zero-order valence-corrected chi connectivity index (χ0v) is 21.8. The second-order valence-corrected chi connectivity index (χ2v) is 9.16. The van der Waals surface area contributed by atoms with Crippen molar-refractivity contribution < 1.29 is 14.3 Å². The first-order chi connectivity index (χ1) is 17.4. The maximum absolute atomic E-state index is 13.0. The van der Waals surface area contributed by atoms with E-state index in [0.29, 0.717) is 19.4 Å². The molecule has 1 unspecified atom stereocenters. The van der Waals surface area contributed by atoms with Gasteiger partial charge in [0.15, 0.2) is 5.78 Å². The summed E-state index contributed by atoms with van der Waals surface area (Å²) in [7, 11) is 1.67. The van der Waals surface area contributed by atoms with Crippen LogP contribution in [0.1, 0.15) is 61.8 Å². The molecular weight excluding hydrogens is 446 g/mol. The summed E-state index contributed by atoms with van der Waals surface area (Å²) in [6, 6.07) is 21.7. The predicted octanol–water partition coefficient (Wildman–Crippen LogP) is 7.53. The van der Waals surface area contributed by atoms with Crippen molar-refractivity contribution in [1.29, 1.82) is 0 Å². The van der Waals surface area contributed by atoms with Crippen molar-refractivity contribution in [3.05, 3.63) is 107 Å². The van der Waals surface area contributed by atoms with Crippen LogP contribution in [0.2, 0.25) is 0 Å². The molecule has 3 rings (SSSR count). The lowest BCUT2D eigenvalue weighted by Gasteiger charge is -2.17. The minimum absolute atomic E-state index is 0.0563. The number of nitrogens with two attached hydrogens (primary N) is 1. The zero-order valence-electron chi connectivity index (χ0n) is 21.8. The van der Waals surface area contributed by atoms with E-state index in [4.69, 9.17) is 15.2 Å². The molecule has 4 nitrogen and oxygen atoms in total. The van der Waals surface area contributed by atoms with Gasteiger partial charge in [-0.2, -0.15) is 0 Å². The predicted molar refractivity (Wildman–Crippen MR) is 149 cm³/mol. The Labute approximate surface area is 215 Å². The molecule has 0 saturated heterocycles. The monoisotopic (exact) mass is 483 g/mol. The molecule has 4 heteroatoms. The lowest BCUT2D eigenvalue weighted by atomic mass is 9.90. The van der Waals surface area contributed by atoms with E-state index in [1.807, 2.05) is 72.8 Å². The highest BCUT2D eigenvalue weighted by Crippen LogP contribution is 2.35. The first-order valence-electron chi connectivity index (χ1n) is 12.5. The van der Waals surface area contributed by atoms with Crippen molar-refractivity contribution in [2.45, 2.75) is 52.6 Å². The smallest absolute Gasteiger partial charge is 0.156 e. The third-order valence-electron chi connectivity index (χ3n) is 6.23. The molecule has 1 atom stereocenters. The summed E-state index contributed by atoms with van der Waals surface area (Å²) >= 11 is 0. The van der Waals surface area contributed by atoms with Gasteiger partial charge in [0, 0.05) is 23.2 Å². The van der Waals surface area contributed by atoms with Crippen LogP contribution in [0.15, 0.2) is 84.5 Å². The van der Waals surface area contributed by atoms with E-state index in [1.54, 1.807) is 13.2 Å². The molecule has 0 bridgehead atoms. The number of ether oxygens (including phenoxy) is 2. The van der Waals surface area contributed by atoms with Crippen molar-refractivity contribution in [3.63, 3.8) is 0 Å². The normalized spacial score (nSPS) is 11.8. The van der Waals surface area contributed by atoms with Gasteiger partial charge in [0.1, 0.15) is 18.1 Å². The van der Waals surface area contributed by atoms with Gasteiger partial charge in [-0.25, -0.2) is 0 Å². The van der Waals surface area contributed by atoms with Crippen LogP contribution in [0.25, 0.3) is 6.08 Å². The quantitative estimate of drug-likeness (QED) is 0.164. The Balaban J connectivity index is 1.89. The second kappa shape index (κ2) is 13.3. The number of para-hydroxylation sites is 1. The van der Waals surface area contributed by atoms with Crippen LogP contribution in [0.4, 0.5) is 5.69 Å². The number of ketones is 1. The molecule has 36 heavy (non-hydrogen) atoms. The summed E-state index contributed by atoms with van der Waals surface area (Å²) < 4.78 is 12.0. The number of hydrogen-bond acceptors (Lipinski definition) is 4. The fourth-order valence-corrected chi connectivity index (χ4v) is 4.20. The van der Waals surface area contributed by atoms with Crippen molar-refractivity contribution in [3.8, 4) is 11.5 Å². The summed E-state index contributed by atoms with van der Waals surface area (Å²) in [5.41, 5.74) is 12.0. The molecule has 0 saturated carbocycles. The van der Waals surface area contributed by atoms with Gasteiger partial charge in [0.25, 0.3) is 0 Å². The SMILES string of the molecule is CCC(CC(=O)/C=C\c1ccc(OC)c(CC=C(C)C)c1OCc1ccccc1)c1ccccc1N. The molecule has 0 aliphatic carbocycles. The van der Waals surface area contributed by atoms with Crippen molar-refractivity contribution in [2.24, 2.45) is 0 Å². The molecule has 0 spiro atoms. The van der Waals surface area contributed by atoms with E-state index >= 15 is 0 Å². The van der Waals surface area contributed by atoms with Gasteiger partial charge in [0.05, 0.1) is 7.11 Å². The highest BCUT2D eigenvalue weighted by Gasteiger charge is 2.17. The average molecular weight is 484 g/mol. The number of allylic oxidation sites excluding steroid dienone is 3. The minimum Gasteiger partial charge on any atom is -0.496 e. The number of nitrogen functional groups attached to an aromatic ring is 1. The van der Waals surface area contributed by atoms with Gasteiger partial charge < -0.3 is 15.2 Å². The van der Waals surface area contributed by atoms with Crippen molar-refractivity contribution >= 4 is 17.5 Å². The third kappa shape index (κ3) is 7.35. The number of hydrogen-bond donors (Lipinski definition) is 1. The lowest BCUT2D eigenvalue weighted by molar-refractivity contribution is -0.114. The topological polar surface area (TPSA) is 61.5 Å². The Kier molecular flexibility index (Phi) is 9.93. The number of benzene rings is 3. The molecule has 0 heterocycles. The largest absolute Gasteiger partial charge is 0.496 e. The van der Waals surface area contributed by atoms with Gasteiger partial charge in [-0.15, -0.1) is 0 Å². The van der Waals surface area contributed by atoms with Crippen LogP contribution in [-0.2, 0) is 17.8 Å². The lowest BCUT2D eigenvalue weighted by Crippen LogP contribution is -2.07. The Morgan fingerprint density at radius 1 is 1.00 bits per heavy atom. The van der Waals surface area contributed by atoms with E-state index < -0.39 is 0 Å². The van der Waals surface area contributed by atoms with Gasteiger partial charge in [0.2, 0.25) is 0 Å². The summed E-state index contributed by atoms with van der Waals surface area (Å²) in [5.74, 6) is 1.64. The van der Waals surface area contributed by atoms with Gasteiger partial charge >= 0.3 is 0 Å². The van der Waals surface area contributed by atoms with Crippen LogP contribution in [-0.4, -0.2) is 12.9 Å². The molecule has 3 aromatic carbocycles. The first kappa shape index (κ1) is 26.8. The van der Waals surface area contributed by atoms with Crippen molar-refractivity contribution in [1.82, 2.24) is 0 Å². The molecule has 0 fully saturated rings. The van der Waals surface area contributed by atoms with E-state index in [0.717, 1.165) is 45.9 Å². The fraction of sp³-hybridized carbons (Fsp3) is 0.281. The molecule has 0 amide bonds. The zero-order chi connectivity index (χ0) is 25.9. The van der Waals surface area contributed by atoms with Crippen LogP contribution in [0.3, 0.4) is 0 Å². The Bertz CT molecular complexity index is 1210.